The van der Waals surface area contributed by atoms with Crippen LogP contribution in [0.15, 0.2) is 23.9 Å². The van der Waals surface area contributed by atoms with Gasteiger partial charge in [0.25, 0.3) is 5.91 Å². The number of esters is 1. The maximum absolute atomic E-state index is 12.2. The lowest BCUT2D eigenvalue weighted by atomic mass is 9.89. The maximum atomic E-state index is 12.2. The van der Waals surface area contributed by atoms with Gasteiger partial charge in [-0.05, 0) is 40.2 Å². The van der Waals surface area contributed by atoms with Crippen LogP contribution in [-0.4, -0.2) is 54.4 Å². The molecule has 0 bridgehead atoms. The second kappa shape index (κ2) is 8.26. The molecule has 0 aromatic carbocycles. The molecule has 1 amide bonds. The highest BCUT2D eigenvalue weighted by molar-refractivity contribution is 5.83. The zero-order valence-corrected chi connectivity index (χ0v) is 14.5. The summed E-state index contributed by atoms with van der Waals surface area (Å²) in [6, 6.07) is 0. The normalized spacial score (nSPS) is 21.7. The molecule has 0 aromatic rings. The van der Waals surface area contributed by atoms with Crippen molar-refractivity contribution in [3.63, 3.8) is 0 Å². The molecule has 1 aliphatic heterocycles. The molecule has 0 aromatic heterocycles. The molecule has 2 atom stereocenters. The number of rotatable bonds is 6. The van der Waals surface area contributed by atoms with E-state index < -0.39 is 17.6 Å². The second-order valence-corrected chi connectivity index (χ2v) is 6.34. The van der Waals surface area contributed by atoms with Gasteiger partial charge in [-0.3, -0.25) is 9.59 Å². The quantitative estimate of drug-likeness (QED) is 0.593. The standard InChI is InChI=1S/C17H27NO5/c1-12(8-6-7-9-17(3,4)16(21)22-5)18-10-11-23-14(13(2)19)15(18)20/h6-8,13-14,19H,9-11H2,1-5H3/b7-6-,12-8+/t13-,14+/m0/s1. The van der Waals surface area contributed by atoms with Crippen LogP contribution < -0.4 is 0 Å². The van der Waals surface area contributed by atoms with Gasteiger partial charge in [-0.1, -0.05) is 12.2 Å². The van der Waals surface area contributed by atoms with Gasteiger partial charge < -0.3 is 19.5 Å². The van der Waals surface area contributed by atoms with E-state index in [0.717, 1.165) is 5.70 Å². The number of nitrogens with zero attached hydrogens (tertiary/aromatic N) is 1. The third-order valence-electron chi connectivity index (χ3n) is 3.83. The SMILES string of the molecule is COC(=O)C(C)(C)C/C=C\C=C(/C)N1CCO[C@H]([C@H](C)O)C1=O. The van der Waals surface area contributed by atoms with Crippen molar-refractivity contribution >= 4 is 11.9 Å². The fourth-order valence-electron chi connectivity index (χ4n) is 2.32. The summed E-state index contributed by atoms with van der Waals surface area (Å²) in [7, 11) is 1.38. The monoisotopic (exact) mass is 325 g/mol. The molecule has 6 nitrogen and oxygen atoms in total. The van der Waals surface area contributed by atoms with Crippen molar-refractivity contribution < 1.29 is 24.2 Å². The molecule has 6 heteroatoms. The van der Waals surface area contributed by atoms with Crippen LogP contribution in [0.2, 0.25) is 0 Å². The average molecular weight is 325 g/mol. The highest BCUT2D eigenvalue weighted by Crippen LogP contribution is 2.22. The summed E-state index contributed by atoms with van der Waals surface area (Å²) in [4.78, 5) is 25.4. The number of ether oxygens (including phenoxy) is 2. The lowest BCUT2D eigenvalue weighted by molar-refractivity contribution is -0.158. The number of allylic oxidation sites excluding steroid dienone is 4. The van der Waals surface area contributed by atoms with Crippen molar-refractivity contribution in [1.29, 1.82) is 0 Å². The third kappa shape index (κ3) is 5.18. The average Bonchev–Trinajstić information content (AvgIpc) is 2.50. The van der Waals surface area contributed by atoms with Gasteiger partial charge in [0, 0.05) is 12.2 Å². The summed E-state index contributed by atoms with van der Waals surface area (Å²) in [5.41, 5.74) is 0.190. The van der Waals surface area contributed by atoms with E-state index in [4.69, 9.17) is 9.47 Å². The molecule has 1 rings (SSSR count). The van der Waals surface area contributed by atoms with Crippen LogP contribution in [-0.2, 0) is 19.1 Å². The highest BCUT2D eigenvalue weighted by Gasteiger charge is 2.33. The fraction of sp³-hybridized carbons (Fsp3) is 0.647. The van der Waals surface area contributed by atoms with E-state index >= 15 is 0 Å². The van der Waals surface area contributed by atoms with E-state index in [1.54, 1.807) is 11.8 Å². The van der Waals surface area contributed by atoms with Crippen molar-refractivity contribution in [2.45, 2.75) is 46.3 Å². The number of aliphatic hydroxyl groups is 1. The predicted octanol–water partition coefficient (Wildman–Crippen LogP) is 1.64. The van der Waals surface area contributed by atoms with Crippen LogP contribution in [0.5, 0.6) is 0 Å². The zero-order valence-electron chi connectivity index (χ0n) is 14.5. The molecule has 1 N–H and O–H groups in total. The summed E-state index contributed by atoms with van der Waals surface area (Å²) in [5.74, 6) is -0.491. The molecule has 0 saturated carbocycles. The van der Waals surface area contributed by atoms with Gasteiger partial charge in [-0.2, -0.15) is 0 Å². The number of amides is 1. The number of carbonyl (C=O) groups excluding carboxylic acids is 2. The molecule has 0 spiro atoms. The van der Waals surface area contributed by atoms with E-state index in [1.165, 1.54) is 7.11 Å². The summed E-state index contributed by atoms with van der Waals surface area (Å²) >= 11 is 0. The Labute approximate surface area is 137 Å². The summed E-state index contributed by atoms with van der Waals surface area (Å²) in [6.45, 7) is 7.87. The molecule has 0 unspecified atom stereocenters. The Kier molecular flexibility index (Phi) is 6.97. The molecular formula is C17H27NO5. The predicted molar refractivity (Wildman–Crippen MR) is 86.4 cm³/mol. The molecule has 1 aliphatic rings. The molecule has 23 heavy (non-hydrogen) atoms. The van der Waals surface area contributed by atoms with Crippen LogP contribution >= 0.6 is 0 Å². The number of hydrogen-bond acceptors (Lipinski definition) is 5. The summed E-state index contributed by atoms with van der Waals surface area (Å²) < 4.78 is 10.1. The van der Waals surface area contributed by atoms with Gasteiger partial charge >= 0.3 is 5.97 Å². The van der Waals surface area contributed by atoms with E-state index in [0.29, 0.717) is 19.6 Å². The van der Waals surface area contributed by atoms with E-state index in [2.05, 4.69) is 0 Å². The van der Waals surface area contributed by atoms with E-state index in [9.17, 15) is 14.7 Å². The van der Waals surface area contributed by atoms with Crippen LogP contribution in [0.25, 0.3) is 0 Å². The molecule has 1 saturated heterocycles. The summed E-state index contributed by atoms with van der Waals surface area (Å²) in [6.07, 6.45) is 4.40. The van der Waals surface area contributed by atoms with Crippen molar-refractivity contribution in [3.8, 4) is 0 Å². The molecule has 0 aliphatic carbocycles. The minimum atomic E-state index is -0.838. The Balaban J connectivity index is 2.68. The van der Waals surface area contributed by atoms with Crippen LogP contribution in [0.4, 0.5) is 0 Å². The second-order valence-electron chi connectivity index (χ2n) is 6.34. The first-order valence-corrected chi connectivity index (χ1v) is 7.73. The zero-order chi connectivity index (χ0) is 17.6. The largest absolute Gasteiger partial charge is 0.469 e. The molecule has 0 radical (unpaired) electrons. The first kappa shape index (κ1) is 19.4. The van der Waals surface area contributed by atoms with Gasteiger partial charge in [0.15, 0.2) is 6.10 Å². The lowest BCUT2D eigenvalue weighted by Gasteiger charge is -2.34. The Morgan fingerprint density at radius 1 is 1.57 bits per heavy atom. The van der Waals surface area contributed by atoms with Crippen molar-refractivity contribution in [3.05, 3.63) is 23.9 Å². The lowest BCUT2D eigenvalue weighted by Crippen LogP contribution is -2.50. The van der Waals surface area contributed by atoms with Gasteiger partial charge in [0.2, 0.25) is 0 Å². The van der Waals surface area contributed by atoms with Crippen LogP contribution in [0.1, 0.15) is 34.1 Å². The highest BCUT2D eigenvalue weighted by atomic mass is 16.5. The Morgan fingerprint density at radius 3 is 2.78 bits per heavy atom. The number of methoxy groups -OCH3 is 1. The van der Waals surface area contributed by atoms with E-state index in [1.807, 2.05) is 39.0 Å². The first-order valence-electron chi connectivity index (χ1n) is 7.73. The number of carbonyl (C=O) groups is 2. The Hall–Kier alpha value is -1.66. The molecule has 130 valence electrons. The Morgan fingerprint density at radius 2 is 2.22 bits per heavy atom. The van der Waals surface area contributed by atoms with Gasteiger partial charge in [0.1, 0.15) is 0 Å². The first-order chi connectivity index (χ1) is 10.7. The Bertz CT molecular complexity index is 493. The number of aliphatic hydroxyl groups excluding tert-OH is 1. The molecule has 1 fully saturated rings. The van der Waals surface area contributed by atoms with Crippen LogP contribution in [0, 0.1) is 5.41 Å². The van der Waals surface area contributed by atoms with Gasteiger partial charge in [-0.15, -0.1) is 0 Å². The molecular weight excluding hydrogens is 298 g/mol. The van der Waals surface area contributed by atoms with E-state index in [-0.39, 0.29) is 11.9 Å². The van der Waals surface area contributed by atoms with Crippen molar-refractivity contribution in [2.75, 3.05) is 20.3 Å². The van der Waals surface area contributed by atoms with Gasteiger partial charge in [-0.25, -0.2) is 0 Å². The fourth-order valence-corrected chi connectivity index (χ4v) is 2.32. The number of morpholine rings is 1. The van der Waals surface area contributed by atoms with Crippen molar-refractivity contribution in [1.82, 2.24) is 4.90 Å². The van der Waals surface area contributed by atoms with Gasteiger partial charge in [0.05, 0.1) is 25.2 Å². The topological polar surface area (TPSA) is 76.1 Å². The third-order valence-corrected chi connectivity index (χ3v) is 3.83. The molecule has 1 heterocycles. The maximum Gasteiger partial charge on any atom is 0.311 e. The smallest absolute Gasteiger partial charge is 0.311 e. The van der Waals surface area contributed by atoms with Crippen molar-refractivity contribution in [2.24, 2.45) is 5.41 Å². The number of hydrogen-bond donors (Lipinski definition) is 1. The minimum absolute atomic E-state index is 0.233. The minimum Gasteiger partial charge on any atom is -0.469 e. The summed E-state index contributed by atoms with van der Waals surface area (Å²) in [5, 5.41) is 9.58. The van der Waals surface area contributed by atoms with Crippen LogP contribution in [0.3, 0.4) is 0 Å².